The van der Waals surface area contributed by atoms with E-state index in [0.717, 1.165) is 24.5 Å². The molecule has 4 rings (SSSR count). The van der Waals surface area contributed by atoms with Gasteiger partial charge in [-0.1, -0.05) is 19.1 Å². The number of anilines is 2. The van der Waals surface area contributed by atoms with Gasteiger partial charge in [-0.05, 0) is 70.2 Å². The number of carbonyl (C=O) groups excluding carboxylic acids is 3. The molecule has 9 heteroatoms. The standard InChI is InChI=1S/C33H48N4O5/c1-7-20-34(6)29(39)26-27-30(40)37(22-12-13-23-38)28(33(27)19-18-32(26,9-3)42-33)31(41)36(21-8-2)25-16-14-24(15-17-25)35(10-4)11-5/h7-8,14-17,26-28,38H,1-2,9-13,18-23H2,3-6H3/t26-,27-,28?,32+,33?/m0/s1. The van der Waals surface area contributed by atoms with Gasteiger partial charge in [0.2, 0.25) is 11.8 Å². The smallest absolute Gasteiger partial charge is 0.253 e. The molecule has 2 unspecified atom stereocenters. The second-order valence-electron chi connectivity index (χ2n) is 11.7. The van der Waals surface area contributed by atoms with Gasteiger partial charge >= 0.3 is 0 Å². The van der Waals surface area contributed by atoms with E-state index in [2.05, 4.69) is 31.9 Å². The van der Waals surface area contributed by atoms with Gasteiger partial charge in [-0.15, -0.1) is 13.2 Å². The van der Waals surface area contributed by atoms with Crippen molar-refractivity contribution in [2.24, 2.45) is 11.8 Å². The predicted molar refractivity (Wildman–Crippen MR) is 165 cm³/mol. The number of benzene rings is 1. The number of aliphatic hydroxyl groups excluding tert-OH is 1. The van der Waals surface area contributed by atoms with E-state index in [1.54, 1.807) is 33.9 Å². The Hall–Kier alpha value is -3.17. The van der Waals surface area contributed by atoms with Crippen LogP contribution in [0.1, 0.15) is 52.9 Å². The quantitative estimate of drug-likeness (QED) is 0.252. The Kier molecular flexibility index (Phi) is 9.83. The van der Waals surface area contributed by atoms with Gasteiger partial charge in [0.1, 0.15) is 11.6 Å². The molecule has 1 aromatic rings. The summed E-state index contributed by atoms with van der Waals surface area (Å²) in [4.78, 5) is 50.1. The first kappa shape index (κ1) is 31.8. The van der Waals surface area contributed by atoms with E-state index in [4.69, 9.17) is 4.74 Å². The van der Waals surface area contributed by atoms with E-state index in [0.29, 0.717) is 45.2 Å². The lowest BCUT2D eigenvalue weighted by atomic mass is 9.64. The second-order valence-corrected chi connectivity index (χ2v) is 11.7. The maximum Gasteiger partial charge on any atom is 0.253 e. The monoisotopic (exact) mass is 580 g/mol. The summed E-state index contributed by atoms with van der Waals surface area (Å²) in [6, 6.07) is 7.02. The third kappa shape index (κ3) is 5.15. The number of fused-ring (bicyclic) bond motifs is 1. The molecule has 0 aliphatic carbocycles. The van der Waals surface area contributed by atoms with E-state index in [1.807, 2.05) is 31.2 Å². The summed E-state index contributed by atoms with van der Waals surface area (Å²) in [5.41, 5.74) is -0.103. The summed E-state index contributed by atoms with van der Waals surface area (Å²) in [5.74, 6) is -2.00. The SMILES string of the molecule is C=CCN(C)C(=O)[C@@H]1[C@H]2C(=O)N(CCCCO)C(C(=O)N(CC=C)c3ccc(N(CC)CC)cc3)C23CC[C@@]1(CC)O3. The molecular formula is C33H48N4O5. The van der Waals surface area contributed by atoms with E-state index in [9.17, 15) is 19.5 Å². The highest BCUT2D eigenvalue weighted by atomic mass is 16.5. The molecule has 9 nitrogen and oxygen atoms in total. The summed E-state index contributed by atoms with van der Waals surface area (Å²) < 4.78 is 6.90. The molecule has 5 atom stereocenters. The fraction of sp³-hybridized carbons (Fsp3) is 0.606. The van der Waals surface area contributed by atoms with Crippen molar-refractivity contribution < 1.29 is 24.2 Å². The summed E-state index contributed by atoms with van der Waals surface area (Å²) in [7, 11) is 1.72. The van der Waals surface area contributed by atoms with Crippen LogP contribution in [0.5, 0.6) is 0 Å². The molecule has 3 amide bonds. The van der Waals surface area contributed by atoms with Crippen molar-refractivity contribution in [1.29, 1.82) is 0 Å². The largest absolute Gasteiger partial charge is 0.396 e. The van der Waals surface area contributed by atoms with Gasteiger partial charge in [-0.25, -0.2) is 0 Å². The first-order chi connectivity index (χ1) is 20.2. The molecule has 3 fully saturated rings. The number of amides is 3. The van der Waals surface area contributed by atoms with Gasteiger partial charge in [-0.2, -0.15) is 0 Å². The molecule has 3 aliphatic rings. The number of aliphatic hydroxyl groups is 1. The van der Waals surface area contributed by atoms with Gasteiger partial charge in [0.15, 0.2) is 0 Å². The van der Waals surface area contributed by atoms with Crippen LogP contribution in [0.3, 0.4) is 0 Å². The lowest BCUT2D eigenvalue weighted by Gasteiger charge is -2.37. The van der Waals surface area contributed by atoms with Crippen LogP contribution < -0.4 is 9.80 Å². The van der Waals surface area contributed by atoms with Crippen LogP contribution in [0.15, 0.2) is 49.6 Å². The Labute approximate surface area is 250 Å². The van der Waals surface area contributed by atoms with Crippen LogP contribution in [0.25, 0.3) is 0 Å². The van der Waals surface area contributed by atoms with Crippen LogP contribution in [0.4, 0.5) is 11.4 Å². The van der Waals surface area contributed by atoms with Crippen molar-refractivity contribution in [2.75, 3.05) is 56.2 Å². The number of rotatable bonds is 15. The minimum Gasteiger partial charge on any atom is -0.396 e. The van der Waals surface area contributed by atoms with Crippen molar-refractivity contribution in [3.8, 4) is 0 Å². The number of hydrogen-bond donors (Lipinski definition) is 1. The normalized spacial score (nSPS) is 27.6. The molecule has 3 aliphatic heterocycles. The molecule has 2 bridgehead atoms. The first-order valence-electron chi connectivity index (χ1n) is 15.4. The molecule has 3 heterocycles. The number of likely N-dealkylation sites (tertiary alicyclic amines) is 1. The summed E-state index contributed by atoms with van der Waals surface area (Å²) in [6.07, 6.45) is 6.13. The maximum atomic E-state index is 14.7. The lowest BCUT2D eigenvalue weighted by Crippen LogP contribution is -2.56. The minimum absolute atomic E-state index is 0.000402. The Bertz CT molecular complexity index is 1170. The zero-order valence-corrected chi connectivity index (χ0v) is 25.8. The minimum atomic E-state index is -1.10. The van der Waals surface area contributed by atoms with Crippen LogP contribution in [0.2, 0.25) is 0 Å². The Morgan fingerprint density at radius 2 is 1.67 bits per heavy atom. The zero-order chi connectivity index (χ0) is 30.7. The Morgan fingerprint density at radius 1 is 1.02 bits per heavy atom. The molecule has 0 saturated carbocycles. The topological polar surface area (TPSA) is 93.6 Å². The van der Waals surface area contributed by atoms with E-state index in [1.165, 1.54) is 0 Å². The molecule has 42 heavy (non-hydrogen) atoms. The van der Waals surface area contributed by atoms with Crippen LogP contribution in [-0.4, -0.2) is 96.3 Å². The number of unbranched alkanes of at least 4 members (excludes halogenated alkanes) is 1. The van der Waals surface area contributed by atoms with Crippen molar-refractivity contribution in [3.05, 3.63) is 49.6 Å². The lowest BCUT2D eigenvalue weighted by molar-refractivity contribution is -0.150. The molecule has 230 valence electrons. The molecule has 0 radical (unpaired) electrons. The fourth-order valence-corrected chi connectivity index (χ4v) is 7.56. The summed E-state index contributed by atoms with van der Waals surface area (Å²) in [6.45, 7) is 16.6. The average molecular weight is 581 g/mol. The number of likely N-dealkylation sites (N-methyl/N-ethyl adjacent to an activating group) is 1. The molecule has 1 aromatic carbocycles. The van der Waals surface area contributed by atoms with Crippen molar-refractivity contribution in [3.63, 3.8) is 0 Å². The van der Waals surface area contributed by atoms with E-state index in [-0.39, 0.29) is 30.9 Å². The van der Waals surface area contributed by atoms with Gasteiger partial charge < -0.3 is 29.4 Å². The van der Waals surface area contributed by atoms with Gasteiger partial charge in [0, 0.05) is 57.8 Å². The van der Waals surface area contributed by atoms with Gasteiger partial charge in [0.05, 0.1) is 17.4 Å². The average Bonchev–Trinajstić information content (AvgIpc) is 3.60. The molecule has 3 saturated heterocycles. The summed E-state index contributed by atoms with van der Waals surface area (Å²) >= 11 is 0. The number of hydrogen-bond acceptors (Lipinski definition) is 6. The Balaban J connectivity index is 1.77. The van der Waals surface area contributed by atoms with E-state index < -0.39 is 29.1 Å². The molecule has 1 N–H and O–H groups in total. The number of nitrogens with zero attached hydrogens (tertiary/aromatic N) is 4. The molecule has 0 aromatic heterocycles. The fourth-order valence-electron chi connectivity index (χ4n) is 7.56. The van der Waals surface area contributed by atoms with Gasteiger partial charge in [0.25, 0.3) is 5.91 Å². The number of ether oxygens (including phenoxy) is 1. The van der Waals surface area contributed by atoms with Crippen molar-refractivity contribution in [2.45, 2.75) is 70.1 Å². The maximum absolute atomic E-state index is 14.7. The first-order valence-corrected chi connectivity index (χ1v) is 15.4. The summed E-state index contributed by atoms with van der Waals surface area (Å²) in [5, 5.41) is 9.47. The van der Waals surface area contributed by atoms with Gasteiger partial charge in [-0.3, -0.25) is 14.4 Å². The Morgan fingerprint density at radius 3 is 2.24 bits per heavy atom. The van der Waals surface area contributed by atoms with Crippen LogP contribution in [-0.2, 0) is 19.1 Å². The molecular weight excluding hydrogens is 532 g/mol. The van der Waals surface area contributed by atoms with Crippen LogP contribution >= 0.6 is 0 Å². The second kappa shape index (κ2) is 13.0. The van der Waals surface area contributed by atoms with Crippen molar-refractivity contribution >= 4 is 29.1 Å². The molecule has 1 spiro atoms. The highest BCUT2D eigenvalue weighted by molar-refractivity contribution is 6.05. The van der Waals surface area contributed by atoms with Crippen LogP contribution in [0, 0.1) is 11.8 Å². The highest BCUT2D eigenvalue weighted by Crippen LogP contribution is 2.64. The van der Waals surface area contributed by atoms with E-state index >= 15 is 0 Å². The van der Waals surface area contributed by atoms with Crippen molar-refractivity contribution in [1.82, 2.24) is 9.80 Å². The third-order valence-electron chi connectivity index (χ3n) is 9.63. The highest BCUT2D eigenvalue weighted by Gasteiger charge is 2.78. The number of carbonyl (C=O) groups is 3. The zero-order valence-electron chi connectivity index (χ0n) is 25.8. The third-order valence-corrected chi connectivity index (χ3v) is 9.63. The predicted octanol–water partition coefficient (Wildman–Crippen LogP) is 3.62.